The molecule has 0 saturated carbocycles. The van der Waals surface area contributed by atoms with Gasteiger partial charge in [-0.1, -0.05) is 49.1 Å². The van der Waals surface area contributed by atoms with Gasteiger partial charge in [-0.15, -0.1) is 0 Å². The minimum atomic E-state index is -1.29. The van der Waals surface area contributed by atoms with Crippen LogP contribution in [0.25, 0.3) is 22.5 Å². The average molecular weight is 489 g/mol. The van der Waals surface area contributed by atoms with E-state index in [1.165, 1.54) is 0 Å². The molecule has 1 aromatic heterocycles. The smallest absolute Gasteiger partial charge is 0.161 e. The third-order valence-electron chi connectivity index (χ3n) is 5.91. The number of benzene rings is 1. The number of aliphatic imine (C=N–C) groups is 1. The lowest BCUT2D eigenvalue weighted by Crippen LogP contribution is -2.43. The Morgan fingerprint density at radius 3 is 2.67 bits per heavy atom. The van der Waals surface area contributed by atoms with E-state index in [9.17, 15) is 0 Å². The van der Waals surface area contributed by atoms with Gasteiger partial charge in [-0.05, 0) is 50.1 Å². The molecule has 2 aromatic rings. The molecule has 1 aliphatic heterocycles. The van der Waals surface area contributed by atoms with Gasteiger partial charge in [0.05, 0.1) is 6.54 Å². The van der Waals surface area contributed by atoms with Crippen LogP contribution in [0.2, 0.25) is 0 Å². The van der Waals surface area contributed by atoms with Gasteiger partial charge in [0, 0.05) is 56.5 Å². The third-order valence-corrected chi connectivity index (χ3v) is 5.91. The normalized spacial score (nSPS) is 16.1. The molecule has 1 fully saturated rings. The van der Waals surface area contributed by atoms with Crippen LogP contribution in [0.4, 0.5) is 10.2 Å². The molecule has 3 rings (SSSR count). The van der Waals surface area contributed by atoms with E-state index >= 15 is 4.39 Å². The Hall–Kier alpha value is -3.58. The lowest BCUT2D eigenvalue weighted by atomic mass is 9.94. The number of allylic oxidation sites excluding steroid dienone is 5. The first kappa shape index (κ1) is 27.0. The molecule has 1 saturated heterocycles. The quantitative estimate of drug-likeness (QED) is 0.346. The monoisotopic (exact) mass is 488 g/mol. The summed E-state index contributed by atoms with van der Waals surface area (Å²) in [5.74, 6) is 1.12. The van der Waals surface area contributed by atoms with Crippen molar-refractivity contribution in [3.8, 4) is 11.4 Å². The molecule has 0 spiro atoms. The van der Waals surface area contributed by atoms with E-state index < -0.39 is 5.67 Å². The maximum absolute atomic E-state index is 15.4. The van der Waals surface area contributed by atoms with E-state index in [-0.39, 0.29) is 6.54 Å². The lowest BCUT2D eigenvalue weighted by molar-refractivity contribution is 0.131. The number of piperidine rings is 1. The van der Waals surface area contributed by atoms with E-state index in [1.807, 2.05) is 68.5 Å². The lowest BCUT2D eigenvalue weighted by Gasteiger charge is -2.30. The number of anilines is 1. The molecule has 2 N–H and O–H groups in total. The number of nitrogens with zero attached hydrogens (tertiary/aromatic N) is 4. The summed E-state index contributed by atoms with van der Waals surface area (Å²) in [4.78, 5) is 15.7. The summed E-state index contributed by atoms with van der Waals surface area (Å²) in [7, 11) is 5.66. The van der Waals surface area contributed by atoms with Gasteiger partial charge in [-0.3, -0.25) is 4.99 Å². The number of rotatable bonds is 10. The van der Waals surface area contributed by atoms with Gasteiger partial charge in [0.1, 0.15) is 11.5 Å². The van der Waals surface area contributed by atoms with Crippen molar-refractivity contribution in [2.24, 2.45) is 4.99 Å². The maximum Gasteiger partial charge on any atom is 0.161 e. The molecule has 0 bridgehead atoms. The van der Waals surface area contributed by atoms with Crippen LogP contribution >= 0.6 is 0 Å². The zero-order valence-corrected chi connectivity index (χ0v) is 21.8. The molecule has 2 heterocycles. The largest absolute Gasteiger partial charge is 0.383 e. The summed E-state index contributed by atoms with van der Waals surface area (Å²) in [5, 5.41) is 6.52. The number of hydrogen-bond donors (Lipinski definition) is 2. The van der Waals surface area contributed by atoms with Crippen LogP contribution in [0.1, 0.15) is 30.9 Å². The van der Waals surface area contributed by atoms with Crippen molar-refractivity contribution in [2.75, 3.05) is 46.1 Å². The second kappa shape index (κ2) is 12.4. The van der Waals surface area contributed by atoms with Crippen molar-refractivity contribution in [3.63, 3.8) is 0 Å². The predicted octanol–water partition coefficient (Wildman–Crippen LogP) is 5.40. The standard InChI is InChI=1S/C29H37FN6/c1-7-22(19-36(5)6)23-9-8-10-24(16-23)27-33-18-26(25(17-31-4)15-21(2)3)28(35-27)34-20-29(30)11-13-32-14-12-29/h7-10,15-19,32H,1-2,11-14,20H2,3-6H3,(H,33,34,35)/b22-19+,25-15+,31-17-. The van der Waals surface area contributed by atoms with Crippen molar-refractivity contribution in [1.82, 2.24) is 20.2 Å². The van der Waals surface area contributed by atoms with Gasteiger partial charge in [-0.25, -0.2) is 14.4 Å². The zero-order valence-electron chi connectivity index (χ0n) is 21.8. The number of hydrogen-bond acceptors (Lipinski definition) is 6. The zero-order chi connectivity index (χ0) is 26.1. The Labute approximate surface area is 214 Å². The fourth-order valence-electron chi connectivity index (χ4n) is 4.11. The molecular formula is C29H37FN6. The SMILES string of the molecule is C=C/C(=C\N(C)C)c1cccc(-c2ncc(C(/C=N\C)=C/C(=C)C)c(NCC3(F)CCNCC3)n2)c1. The van der Waals surface area contributed by atoms with E-state index in [2.05, 4.69) is 33.8 Å². The number of aromatic nitrogens is 2. The highest BCUT2D eigenvalue weighted by atomic mass is 19.1. The van der Waals surface area contributed by atoms with Gasteiger partial charge in [0.15, 0.2) is 5.82 Å². The Bertz CT molecular complexity index is 1170. The summed E-state index contributed by atoms with van der Waals surface area (Å²) in [6, 6.07) is 8.02. The molecule has 0 aliphatic carbocycles. The molecule has 7 heteroatoms. The fourth-order valence-corrected chi connectivity index (χ4v) is 4.11. The van der Waals surface area contributed by atoms with Crippen molar-refractivity contribution >= 4 is 23.2 Å². The van der Waals surface area contributed by atoms with Gasteiger partial charge >= 0.3 is 0 Å². The fraction of sp³-hybridized carbons (Fsp3) is 0.345. The summed E-state index contributed by atoms with van der Waals surface area (Å²) in [6.45, 7) is 11.4. The molecule has 0 amide bonds. The molecule has 6 nitrogen and oxygen atoms in total. The average Bonchev–Trinajstić information content (AvgIpc) is 2.86. The van der Waals surface area contributed by atoms with E-state index in [0.717, 1.165) is 33.4 Å². The molecule has 1 aliphatic rings. The van der Waals surface area contributed by atoms with Gasteiger partial charge in [0.2, 0.25) is 0 Å². The summed E-state index contributed by atoms with van der Waals surface area (Å²) in [5.41, 5.74) is 4.01. The third kappa shape index (κ3) is 7.21. The van der Waals surface area contributed by atoms with Crippen molar-refractivity contribution < 1.29 is 4.39 Å². The second-order valence-electron chi connectivity index (χ2n) is 9.38. The van der Waals surface area contributed by atoms with E-state index in [1.54, 1.807) is 19.5 Å². The van der Waals surface area contributed by atoms with E-state index in [0.29, 0.717) is 37.6 Å². The minimum absolute atomic E-state index is 0.175. The molecule has 0 atom stereocenters. The minimum Gasteiger partial charge on any atom is -0.383 e. The summed E-state index contributed by atoms with van der Waals surface area (Å²) < 4.78 is 15.4. The Morgan fingerprint density at radius 2 is 2.03 bits per heavy atom. The predicted molar refractivity (Wildman–Crippen MR) is 151 cm³/mol. The highest BCUT2D eigenvalue weighted by Crippen LogP contribution is 2.29. The number of alkyl halides is 1. The van der Waals surface area contributed by atoms with Gasteiger partial charge < -0.3 is 15.5 Å². The molecular weight excluding hydrogens is 451 g/mol. The van der Waals surface area contributed by atoms with Crippen LogP contribution in [0, 0.1) is 0 Å². The van der Waals surface area contributed by atoms with Crippen LogP contribution < -0.4 is 10.6 Å². The molecule has 0 radical (unpaired) electrons. The molecule has 190 valence electrons. The van der Waals surface area contributed by atoms with Crippen molar-refractivity contribution in [3.05, 3.63) is 78.7 Å². The number of nitrogens with one attached hydrogen (secondary N) is 2. The number of halogens is 1. The second-order valence-corrected chi connectivity index (χ2v) is 9.38. The molecule has 36 heavy (non-hydrogen) atoms. The Balaban J connectivity index is 2.05. The first-order valence-corrected chi connectivity index (χ1v) is 12.2. The maximum atomic E-state index is 15.4. The highest BCUT2D eigenvalue weighted by Gasteiger charge is 2.31. The Morgan fingerprint density at radius 1 is 1.28 bits per heavy atom. The van der Waals surface area contributed by atoms with Crippen LogP contribution in [0.15, 0.2) is 72.5 Å². The Kier molecular flexibility index (Phi) is 9.31. The molecule has 0 unspecified atom stereocenters. The first-order valence-electron chi connectivity index (χ1n) is 12.2. The first-order chi connectivity index (χ1) is 17.2. The van der Waals surface area contributed by atoms with Crippen molar-refractivity contribution in [1.29, 1.82) is 0 Å². The van der Waals surface area contributed by atoms with Gasteiger partial charge in [0.25, 0.3) is 0 Å². The van der Waals surface area contributed by atoms with Crippen LogP contribution in [0.3, 0.4) is 0 Å². The summed E-state index contributed by atoms with van der Waals surface area (Å²) >= 11 is 0. The van der Waals surface area contributed by atoms with E-state index in [4.69, 9.17) is 4.98 Å². The van der Waals surface area contributed by atoms with Crippen LogP contribution in [0.5, 0.6) is 0 Å². The molecule has 1 aromatic carbocycles. The summed E-state index contributed by atoms with van der Waals surface area (Å²) in [6.07, 6.45) is 10.2. The van der Waals surface area contributed by atoms with Crippen LogP contribution in [-0.4, -0.2) is 67.5 Å². The van der Waals surface area contributed by atoms with Gasteiger partial charge in [-0.2, -0.15) is 0 Å². The van der Waals surface area contributed by atoms with Crippen molar-refractivity contribution in [2.45, 2.75) is 25.4 Å². The van der Waals surface area contributed by atoms with Crippen LogP contribution in [-0.2, 0) is 0 Å². The topological polar surface area (TPSA) is 65.4 Å². The highest BCUT2D eigenvalue weighted by molar-refractivity contribution is 6.12.